The van der Waals surface area contributed by atoms with Gasteiger partial charge in [-0.15, -0.1) is 0 Å². The van der Waals surface area contributed by atoms with Crippen LogP contribution >= 0.6 is 0 Å². The summed E-state index contributed by atoms with van der Waals surface area (Å²) in [6.45, 7) is 13.3. The van der Waals surface area contributed by atoms with Crippen molar-refractivity contribution in [1.29, 1.82) is 0 Å². The maximum absolute atomic E-state index is 13.7. The van der Waals surface area contributed by atoms with Crippen molar-refractivity contribution in [2.75, 3.05) is 0 Å². The predicted octanol–water partition coefficient (Wildman–Crippen LogP) is 5.55. The lowest BCUT2D eigenvalue weighted by molar-refractivity contribution is -0.156. The molecule has 0 bridgehead atoms. The van der Waals surface area contributed by atoms with E-state index in [4.69, 9.17) is 4.74 Å². The van der Waals surface area contributed by atoms with Crippen LogP contribution in [0.2, 0.25) is 0 Å². The molecule has 2 aromatic rings. The van der Waals surface area contributed by atoms with E-state index in [-0.39, 0.29) is 24.2 Å². The molecule has 0 saturated carbocycles. The Balaban J connectivity index is 2.48. The number of aryl methyl sites for hydroxylation is 2. The fraction of sp³-hybridized carbons (Fsp3) is 0.480. The monoisotopic (exact) mass is 462 g/mol. The van der Waals surface area contributed by atoms with Crippen molar-refractivity contribution in [1.82, 2.24) is 0 Å². The standard InChI is InChI=1S/C25H34O4S2/c1-17(2)22(16-23(26)29-25(5,6)7)24(30(27)20-12-8-18(3)9-13-20)31(28)21-14-10-19(4)11-15-21/h8-15,17,22,24H,16H2,1-7H3/t22-,30-,31-/m0/s1. The maximum Gasteiger partial charge on any atom is 0.306 e. The third-order valence-electron chi connectivity index (χ3n) is 4.96. The number of benzene rings is 2. The van der Waals surface area contributed by atoms with Crippen molar-refractivity contribution in [3.63, 3.8) is 0 Å². The number of ether oxygens (including phenoxy) is 1. The van der Waals surface area contributed by atoms with E-state index >= 15 is 0 Å². The zero-order valence-electron chi connectivity index (χ0n) is 19.5. The van der Waals surface area contributed by atoms with Gasteiger partial charge in [-0.1, -0.05) is 49.2 Å². The second kappa shape index (κ2) is 10.7. The second-order valence-corrected chi connectivity index (χ2v) is 12.7. The first-order valence-electron chi connectivity index (χ1n) is 10.6. The zero-order valence-corrected chi connectivity index (χ0v) is 21.1. The molecule has 0 unspecified atom stereocenters. The fourth-order valence-electron chi connectivity index (χ4n) is 3.23. The van der Waals surface area contributed by atoms with Crippen molar-refractivity contribution in [2.45, 2.75) is 74.9 Å². The Morgan fingerprint density at radius 1 is 0.839 bits per heavy atom. The molecule has 0 aliphatic carbocycles. The Hall–Kier alpha value is -1.79. The van der Waals surface area contributed by atoms with Crippen LogP contribution in [0.4, 0.5) is 0 Å². The predicted molar refractivity (Wildman–Crippen MR) is 128 cm³/mol. The van der Waals surface area contributed by atoms with Gasteiger partial charge in [0.1, 0.15) is 10.2 Å². The van der Waals surface area contributed by atoms with E-state index in [9.17, 15) is 13.2 Å². The van der Waals surface area contributed by atoms with Crippen LogP contribution in [0.5, 0.6) is 0 Å². The van der Waals surface area contributed by atoms with Crippen LogP contribution in [-0.4, -0.2) is 24.6 Å². The third-order valence-corrected chi connectivity index (χ3v) is 9.02. The molecule has 0 aliphatic heterocycles. The summed E-state index contributed by atoms with van der Waals surface area (Å²) < 4.78 is 32.2. The summed E-state index contributed by atoms with van der Waals surface area (Å²) >= 11 is 0. The largest absolute Gasteiger partial charge is 0.460 e. The molecule has 31 heavy (non-hydrogen) atoms. The SMILES string of the molecule is Cc1ccc([S@](=O)C([C@@H](CC(=O)OC(C)(C)C)C(C)C)[S@@](=O)c2ccc(C)cc2)cc1. The molecule has 3 atom stereocenters. The van der Waals surface area contributed by atoms with Gasteiger partial charge in [-0.3, -0.25) is 13.2 Å². The Bertz CT molecular complexity index is 868. The molecule has 0 saturated heterocycles. The van der Waals surface area contributed by atoms with Gasteiger partial charge in [-0.2, -0.15) is 0 Å². The van der Waals surface area contributed by atoms with E-state index in [1.54, 1.807) is 0 Å². The van der Waals surface area contributed by atoms with Gasteiger partial charge in [0, 0.05) is 9.79 Å². The van der Waals surface area contributed by atoms with Gasteiger partial charge in [0.05, 0.1) is 28.0 Å². The Morgan fingerprint density at radius 2 is 1.23 bits per heavy atom. The van der Waals surface area contributed by atoms with Gasteiger partial charge in [0.2, 0.25) is 0 Å². The summed E-state index contributed by atoms with van der Waals surface area (Å²) in [6, 6.07) is 14.9. The van der Waals surface area contributed by atoms with Crippen molar-refractivity contribution in [2.24, 2.45) is 11.8 Å². The summed E-state index contributed by atoms with van der Waals surface area (Å²) in [4.78, 5) is 13.9. The Morgan fingerprint density at radius 3 is 1.55 bits per heavy atom. The highest BCUT2D eigenvalue weighted by Crippen LogP contribution is 2.33. The summed E-state index contributed by atoms with van der Waals surface area (Å²) in [5.41, 5.74) is 1.51. The van der Waals surface area contributed by atoms with E-state index in [0.717, 1.165) is 11.1 Å². The van der Waals surface area contributed by atoms with Gasteiger partial charge in [-0.25, -0.2) is 0 Å². The highest BCUT2D eigenvalue weighted by Gasteiger charge is 2.38. The van der Waals surface area contributed by atoms with Gasteiger partial charge in [0.15, 0.2) is 0 Å². The van der Waals surface area contributed by atoms with Crippen molar-refractivity contribution in [3.05, 3.63) is 59.7 Å². The average Bonchev–Trinajstić information content (AvgIpc) is 2.66. The van der Waals surface area contributed by atoms with E-state index in [0.29, 0.717) is 9.79 Å². The van der Waals surface area contributed by atoms with Gasteiger partial charge >= 0.3 is 5.97 Å². The van der Waals surface area contributed by atoms with Crippen LogP contribution in [-0.2, 0) is 31.1 Å². The lowest BCUT2D eigenvalue weighted by Crippen LogP contribution is -2.36. The second-order valence-electron chi connectivity index (χ2n) is 9.29. The zero-order chi connectivity index (χ0) is 23.3. The maximum atomic E-state index is 13.7. The van der Waals surface area contributed by atoms with Crippen LogP contribution in [0.25, 0.3) is 0 Å². The Kier molecular flexibility index (Phi) is 8.78. The number of rotatable bonds is 8. The van der Waals surface area contributed by atoms with E-state index in [1.807, 2.05) is 97.0 Å². The van der Waals surface area contributed by atoms with Crippen LogP contribution < -0.4 is 0 Å². The molecule has 0 heterocycles. The average molecular weight is 463 g/mol. The lowest BCUT2D eigenvalue weighted by atomic mass is 9.94. The summed E-state index contributed by atoms with van der Waals surface area (Å²) in [6.07, 6.45) is 0.0643. The highest BCUT2D eigenvalue weighted by molar-refractivity contribution is 8.03. The normalized spacial score (nSPS) is 15.0. The minimum atomic E-state index is -1.56. The lowest BCUT2D eigenvalue weighted by Gasteiger charge is -2.30. The molecular formula is C25H34O4S2. The number of hydrogen-bond donors (Lipinski definition) is 0. The van der Waals surface area contributed by atoms with Gasteiger partial charge in [0.25, 0.3) is 0 Å². The van der Waals surface area contributed by atoms with Crippen molar-refractivity contribution >= 4 is 27.6 Å². The first kappa shape index (κ1) is 25.5. The van der Waals surface area contributed by atoms with Gasteiger partial charge < -0.3 is 4.74 Å². The molecule has 0 aromatic heterocycles. The van der Waals surface area contributed by atoms with Crippen LogP contribution in [0, 0.1) is 25.7 Å². The molecule has 0 spiro atoms. The highest BCUT2D eigenvalue weighted by atomic mass is 32.2. The van der Waals surface area contributed by atoms with Crippen LogP contribution in [0.15, 0.2) is 58.3 Å². The minimum absolute atomic E-state index is 0.0127. The van der Waals surface area contributed by atoms with Crippen LogP contribution in [0.1, 0.15) is 52.2 Å². The number of carbonyl (C=O) groups excluding carboxylic acids is 1. The van der Waals surface area contributed by atoms with Gasteiger partial charge in [-0.05, 0) is 70.7 Å². The minimum Gasteiger partial charge on any atom is -0.460 e. The van der Waals surface area contributed by atoms with Crippen molar-refractivity contribution < 1.29 is 17.9 Å². The van der Waals surface area contributed by atoms with E-state index in [2.05, 4.69) is 0 Å². The molecular weight excluding hydrogens is 428 g/mol. The molecule has 0 amide bonds. The number of hydrogen-bond acceptors (Lipinski definition) is 4. The summed E-state index contributed by atoms with van der Waals surface area (Å²) in [5, 5.41) is 0. The molecule has 0 fully saturated rings. The smallest absolute Gasteiger partial charge is 0.306 e. The molecule has 4 nitrogen and oxygen atoms in total. The molecule has 2 rings (SSSR count). The molecule has 170 valence electrons. The summed E-state index contributed by atoms with van der Waals surface area (Å²) in [5.74, 6) is -0.751. The quantitative estimate of drug-likeness (QED) is 0.483. The fourth-order valence-corrected chi connectivity index (χ4v) is 7.33. The number of esters is 1. The third kappa shape index (κ3) is 7.39. The first-order chi connectivity index (χ1) is 14.4. The molecule has 0 radical (unpaired) electrons. The van der Waals surface area contributed by atoms with E-state index < -0.39 is 31.8 Å². The molecule has 0 aliphatic rings. The van der Waals surface area contributed by atoms with Crippen LogP contribution in [0.3, 0.4) is 0 Å². The first-order valence-corrected chi connectivity index (χ1v) is 13.0. The molecule has 0 N–H and O–H groups in total. The number of carbonyl (C=O) groups is 1. The van der Waals surface area contributed by atoms with Crippen molar-refractivity contribution in [3.8, 4) is 0 Å². The topological polar surface area (TPSA) is 60.4 Å². The van der Waals surface area contributed by atoms with E-state index in [1.165, 1.54) is 0 Å². The Labute approximate surface area is 191 Å². The summed E-state index contributed by atoms with van der Waals surface area (Å²) in [7, 11) is -3.13. The molecule has 6 heteroatoms. The molecule has 2 aromatic carbocycles.